The molecule has 0 aliphatic heterocycles. The van der Waals surface area contributed by atoms with Crippen molar-refractivity contribution in [3.05, 3.63) is 62.6 Å². The van der Waals surface area contributed by atoms with E-state index >= 15 is 0 Å². The first-order valence-electron chi connectivity index (χ1n) is 8.11. The third kappa shape index (κ3) is 5.15. The molecule has 0 fully saturated rings. The highest BCUT2D eigenvalue weighted by Gasteiger charge is 2.24. The van der Waals surface area contributed by atoms with Gasteiger partial charge in [0.2, 0.25) is 10.0 Å². The molecule has 0 N–H and O–H groups in total. The Hall–Kier alpha value is -1.31. The van der Waals surface area contributed by atoms with Crippen molar-refractivity contribution in [1.29, 1.82) is 0 Å². The molecule has 2 aromatic rings. The molecule has 0 radical (unpaired) electrons. The average Bonchev–Trinajstić information content (AvgIpc) is 2.63. The fourth-order valence-electron chi connectivity index (χ4n) is 2.39. The molecule has 0 aliphatic rings. The van der Waals surface area contributed by atoms with E-state index in [2.05, 4.69) is 0 Å². The van der Waals surface area contributed by atoms with Crippen LogP contribution in [-0.2, 0) is 21.4 Å². The molecule has 0 bridgehead atoms. The predicted octanol–water partition coefficient (Wildman–Crippen LogP) is 5.03. The summed E-state index contributed by atoms with van der Waals surface area (Å²) in [5.74, 6) is -0.734. The van der Waals surface area contributed by atoms with Gasteiger partial charge in [0.05, 0.1) is 25.5 Å². The van der Waals surface area contributed by atoms with Crippen molar-refractivity contribution in [2.75, 3.05) is 13.1 Å². The van der Waals surface area contributed by atoms with Gasteiger partial charge in [0.1, 0.15) is 6.61 Å². The van der Waals surface area contributed by atoms with Crippen molar-refractivity contribution >= 4 is 50.8 Å². The first-order valence-corrected chi connectivity index (χ1v) is 10.7. The minimum Gasteiger partial charge on any atom is -0.457 e. The maximum absolute atomic E-state index is 12.6. The Morgan fingerprint density at radius 3 is 2.19 bits per heavy atom. The molecule has 27 heavy (non-hydrogen) atoms. The Labute approximate surface area is 173 Å². The fraction of sp³-hybridized carbons (Fsp3) is 0.278. The van der Waals surface area contributed by atoms with Gasteiger partial charge in [0, 0.05) is 13.1 Å². The zero-order valence-electron chi connectivity index (χ0n) is 14.7. The summed E-state index contributed by atoms with van der Waals surface area (Å²) in [6, 6.07) is 8.81. The van der Waals surface area contributed by atoms with E-state index in [0.29, 0.717) is 28.7 Å². The van der Waals surface area contributed by atoms with Crippen LogP contribution in [0.2, 0.25) is 15.1 Å². The fourth-order valence-corrected chi connectivity index (χ4v) is 4.39. The molecular formula is C18H18Cl3NO4S. The number of benzene rings is 2. The molecule has 0 spiro atoms. The lowest BCUT2D eigenvalue weighted by atomic mass is 10.2. The van der Waals surface area contributed by atoms with Crippen molar-refractivity contribution in [2.24, 2.45) is 0 Å². The first kappa shape index (κ1) is 22.0. The number of ether oxygens (including phenoxy) is 1. The zero-order valence-corrected chi connectivity index (χ0v) is 17.8. The van der Waals surface area contributed by atoms with E-state index in [9.17, 15) is 13.2 Å². The van der Waals surface area contributed by atoms with E-state index in [4.69, 9.17) is 39.5 Å². The molecular weight excluding hydrogens is 433 g/mol. The quantitative estimate of drug-likeness (QED) is 0.555. The molecule has 0 saturated heterocycles. The Morgan fingerprint density at radius 1 is 0.963 bits per heavy atom. The third-order valence-corrected chi connectivity index (χ3v) is 6.97. The molecule has 146 valence electrons. The van der Waals surface area contributed by atoms with Gasteiger partial charge in [-0.25, -0.2) is 13.2 Å². The summed E-state index contributed by atoms with van der Waals surface area (Å²) in [5.41, 5.74) is 0.616. The van der Waals surface area contributed by atoms with Crippen molar-refractivity contribution in [3.8, 4) is 0 Å². The summed E-state index contributed by atoms with van der Waals surface area (Å²) in [5, 5.41) is 0.840. The lowest BCUT2D eigenvalue weighted by Gasteiger charge is -2.19. The number of halogens is 3. The van der Waals surface area contributed by atoms with Gasteiger partial charge in [0.25, 0.3) is 0 Å². The summed E-state index contributed by atoms with van der Waals surface area (Å²) in [6.45, 7) is 4.06. The van der Waals surface area contributed by atoms with E-state index in [0.717, 1.165) is 0 Å². The highest BCUT2D eigenvalue weighted by molar-refractivity contribution is 7.89. The molecule has 2 aromatic carbocycles. The van der Waals surface area contributed by atoms with Gasteiger partial charge in [0.15, 0.2) is 0 Å². The maximum atomic E-state index is 12.6. The summed E-state index contributed by atoms with van der Waals surface area (Å²) in [7, 11) is -3.72. The van der Waals surface area contributed by atoms with Crippen LogP contribution in [0.3, 0.4) is 0 Å². The molecule has 0 saturated carbocycles. The van der Waals surface area contributed by atoms with E-state index in [1.54, 1.807) is 32.0 Å². The summed E-state index contributed by atoms with van der Waals surface area (Å²) in [6.07, 6.45) is 0. The highest BCUT2D eigenvalue weighted by Crippen LogP contribution is 2.25. The van der Waals surface area contributed by atoms with Crippen molar-refractivity contribution < 1.29 is 17.9 Å². The van der Waals surface area contributed by atoms with Crippen LogP contribution in [0.25, 0.3) is 0 Å². The standard InChI is InChI=1S/C18H18Cl3NO4S/c1-3-22(4-2)27(24,25)13-6-8-15(19)14(10-13)18(23)26-11-12-5-7-16(20)17(21)9-12/h5-10H,3-4,11H2,1-2H3. The topological polar surface area (TPSA) is 63.7 Å². The van der Waals surface area contributed by atoms with Gasteiger partial charge in [-0.3, -0.25) is 0 Å². The predicted molar refractivity (Wildman–Crippen MR) is 107 cm³/mol. The van der Waals surface area contributed by atoms with Gasteiger partial charge in [-0.1, -0.05) is 54.7 Å². The number of sulfonamides is 1. The number of hydrogen-bond donors (Lipinski definition) is 0. The van der Waals surface area contributed by atoms with Crippen LogP contribution in [0.1, 0.15) is 29.8 Å². The minimum absolute atomic E-state index is 0.0166. The molecule has 0 amide bonds. The summed E-state index contributed by atoms with van der Waals surface area (Å²) < 4.78 is 31.8. The average molecular weight is 451 g/mol. The van der Waals surface area contributed by atoms with E-state index < -0.39 is 16.0 Å². The van der Waals surface area contributed by atoms with Crippen molar-refractivity contribution in [2.45, 2.75) is 25.3 Å². The van der Waals surface area contributed by atoms with Gasteiger partial charge in [-0.15, -0.1) is 0 Å². The van der Waals surface area contributed by atoms with Crippen molar-refractivity contribution in [1.82, 2.24) is 4.31 Å². The molecule has 9 heteroatoms. The van der Waals surface area contributed by atoms with Crippen LogP contribution in [0, 0.1) is 0 Å². The summed E-state index contributed by atoms with van der Waals surface area (Å²) >= 11 is 17.9. The zero-order chi connectivity index (χ0) is 20.2. The number of hydrogen-bond acceptors (Lipinski definition) is 4. The van der Waals surface area contributed by atoms with Crippen LogP contribution in [-0.4, -0.2) is 31.8 Å². The second kappa shape index (κ2) is 9.26. The lowest BCUT2D eigenvalue weighted by Crippen LogP contribution is -2.30. The maximum Gasteiger partial charge on any atom is 0.340 e. The second-order valence-electron chi connectivity index (χ2n) is 5.56. The smallest absolute Gasteiger partial charge is 0.340 e. The van der Waals surface area contributed by atoms with E-state index in [1.807, 2.05) is 0 Å². The molecule has 0 atom stereocenters. The molecule has 0 unspecified atom stereocenters. The number of carbonyl (C=O) groups excluding carboxylic acids is 1. The van der Waals surface area contributed by atoms with Crippen LogP contribution >= 0.6 is 34.8 Å². The Kier molecular flexibility index (Phi) is 7.54. The molecule has 5 nitrogen and oxygen atoms in total. The largest absolute Gasteiger partial charge is 0.457 e. The summed E-state index contributed by atoms with van der Waals surface area (Å²) in [4.78, 5) is 12.4. The van der Waals surface area contributed by atoms with Crippen molar-refractivity contribution in [3.63, 3.8) is 0 Å². The van der Waals surface area contributed by atoms with Gasteiger partial charge < -0.3 is 4.74 Å². The molecule has 0 aliphatic carbocycles. The van der Waals surface area contributed by atoms with E-state index in [-0.39, 0.29) is 22.1 Å². The Morgan fingerprint density at radius 2 is 1.59 bits per heavy atom. The van der Waals surface area contributed by atoms with Crippen LogP contribution < -0.4 is 0 Å². The number of nitrogens with zero attached hydrogens (tertiary/aromatic N) is 1. The van der Waals surface area contributed by atoms with Crippen LogP contribution in [0.5, 0.6) is 0 Å². The van der Waals surface area contributed by atoms with Gasteiger partial charge in [-0.2, -0.15) is 4.31 Å². The van der Waals surface area contributed by atoms with Crippen LogP contribution in [0.4, 0.5) is 0 Å². The Balaban J connectivity index is 2.24. The number of esters is 1. The highest BCUT2D eigenvalue weighted by atomic mass is 35.5. The first-order chi connectivity index (χ1) is 12.7. The minimum atomic E-state index is -3.72. The number of carbonyl (C=O) groups is 1. The Bertz CT molecular complexity index is 944. The second-order valence-corrected chi connectivity index (χ2v) is 8.72. The lowest BCUT2D eigenvalue weighted by molar-refractivity contribution is 0.0472. The molecule has 0 heterocycles. The molecule has 0 aromatic heterocycles. The number of rotatable bonds is 7. The monoisotopic (exact) mass is 449 g/mol. The van der Waals surface area contributed by atoms with Crippen LogP contribution in [0.15, 0.2) is 41.3 Å². The normalized spacial score (nSPS) is 11.6. The van der Waals surface area contributed by atoms with Gasteiger partial charge in [-0.05, 0) is 35.9 Å². The SMILES string of the molecule is CCN(CC)S(=O)(=O)c1ccc(Cl)c(C(=O)OCc2ccc(Cl)c(Cl)c2)c1. The third-order valence-electron chi connectivity index (χ3n) is 3.85. The van der Waals surface area contributed by atoms with Gasteiger partial charge >= 0.3 is 5.97 Å². The molecule has 2 rings (SSSR count). The van der Waals surface area contributed by atoms with E-state index in [1.165, 1.54) is 22.5 Å².